The summed E-state index contributed by atoms with van der Waals surface area (Å²) in [5.41, 5.74) is 6.18. The number of carbonyl (C=O) groups is 1. The van der Waals surface area contributed by atoms with Gasteiger partial charge in [0.05, 0.1) is 11.5 Å². The van der Waals surface area contributed by atoms with Crippen molar-refractivity contribution >= 4 is 28.1 Å². The van der Waals surface area contributed by atoms with Gasteiger partial charge >= 0.3 is 0 Å². The summed E-state index contributed by atoms with van der Waals surface area (Å²) in [4.78, 5) is 27.8. The minimum Gasteiger partial charge on any atom is -0.375 e. The molecular formula is C12H12N4O3S. The Bertz CT molecular complexity index is 656. The topological polar surface area (TPSA) is 102 Å². The van der Waals surface area contributed by atoms with E-state index in [4.69, 9.17) is 5.73 Å². The van der Waals surface area contributed by atoms with Crippen molar-refractivity contribution in [3.05, 3.63) is 51.0 Å². The fraction of sp³-hybridized carbons (Fsp3) is 0.167. The highest BCUT2D eigenvalue weighted by molar-refractivity contribution is 7.13. The van der Waals surface area contributed by atoms with E-state index >= 15 is 0 Å². The van der Waals surface area contributed by atoms with Crippen molar-refractivity contribution in [3.63, 3.8) is 0 Å². The number of para-hydroxylation sites is 1. The van der Waals surface area contributed by atoms with Crippen LogP contribution in [0, 0.1) is 10.1 Å². The summed E-state index contributed by atoms with van der Waals surface area (Å²) in [6, 6.07) is 6.32. The number of nitrogens with zero attached hydrogens (tertiary/aromatic N) is 3. The number of nitrogen functional groups attached to an aromatic ring is 1. The Morgan fingerprint density at radius 3 is 2.80 bits per heavy atom. The predicted molar refractivity (Wildman–Crippen MR) is 75.4 cm³/mol. The number of hydrogen-bond acceptors (Lipinski definition) is 6. The first-order chi connectivity index (χ1) is 9.49. The van der Waals surface area contributed by atoms with Gasteiger partial charge in [0.2, 0.25) is 0 Å². The van der Waals surface area contributed by atoms with Crippen molar-refractivity contribution in [3.8, 4) is 0 Å². The molecule has 2 N–H and O–H groups in total. The molecule has 7 nitrogen and oxygen atoms in total. The van der Waals surface area contributed by atoms with E-state index in [1.807, 2.05) is 0 Å². The van der Waals surface area contributed by atoms with E-state index < -0.39 is 4.92 Å². The summed E-state index contributed by atoms with van der Waals surface area (Å²) in [5.74, 6) is -0.323. The largest absolute Gasteiger partial charge is 0.375 e. The average molecular weight is 292 g/mol. The number of nitro groups is 1. The van der Waals surface area contributed by atoms with Gasteiger partial charge in [0.15, 0.2) is 5.13 Å². The molecule has 0 aliphatic heterocycles. The predicted octanol–water partition coefficient (Wildman–Crippen LogP) is 1.91. The molecule has 104 valence electrons. The number of amides is 1. The van der Waals surface area contributed by atoms with Gasteiger partial charge in [-0.3, -0.25) is 14.9 Å². The highest BCUT2D eigenvalue weighted by Gasteiger charge is 2.19. The molecule has 0 radical (unpaired) electrons. The second-order valence-electron chi connectivity index (χ2n) is 4.12. The van der Waals surface area contributed by atoms with Crippen LogP contribution < -0.4 is 5.73 Å². The molecule has 0 saturated carbocycles. The Morgan fingerprint density at radius 1 is 1.50 bits per heavy atom. The number of rotatable bonds is 4. The molecule has 0 aliphatic rings. The van der Waals surface area contributed by atoms with Crippen LogP contribution in [0.25, 0.3) is 0 Å². The first-order valence-corrected chi connectivity index (χ1v) is 6.55. The normalized spacial score (nSPS) is 10.2. The zero-order chi connectivity index (χ0) is 14.7. The van der Waals surface area contributed by atoms with Crippen LogP contribution in [-0.4, -0.2) is 27.8 Å². The molecule has 1 amide bonds. The third kappa shape index (κ3) is 2.91. The molecule has 2 rings (SSSR count). The molecule has 8 heteroatoms. The first kappa shape index (κ1) is 13.9. The van der Waals surface area contributed by atoms with Gasteiger partial charge in [-0.05, 0) is 0 Å². The zero-order valence-electron chi connectivity index (χ0n) is 10.6. The van der Waals surface area contributed by atoms with E-state index in [-0.39, 0.29) is 23.8 Å². The summed E-state index contributed by atoms with van der Waals surface area (Å²) < 4.78 is 0. The molecule has 20 heavy (non-hydrogen) atoms. The lowest BCUT2D eigenvalue weighted by Crippen LogP contribution is -2.26. The number of carbonyl (C=O) groups excluding carboxylic acids is 1. The number of nitro benzene ring substituents is 1. The van der Waals surface area contributed by atoms with Gasteiger partial charge < -0.3 is 10.6 Å². The molecule has 0 fully saturated rings. The number of nitrogens with two attached hydrogens (primary N) is 1. The van der Waals surface area contributed by atoms with Gasteiger partial charge in [0, 0.05) is 24.1 Å². The molecule has 0 aliphatic carbocycles. The number of hydrogen-bond donors (Lipinski definition) is 1. The van der Waals surface area contributed by atoms with E-state index in [9.17, 15) is 14.9 Å². The Labute approximate surface area is 118 Å². The maximum absolute atomic E-state index is 12.1. The van der Waals surface area contributed by atoms with Crippen molar-refractivity contribution in [2.24, 2.45) is 0 Å². The van der Waals surface area contributed by atoms with E-state index in [0.717, 1.165) is 0 Å². The third-order valence-electron chi connectivity index (χ3n) is 2.68. The minimum absolute atomic E-state index is 0.00931. The van der Waals surface area contributed by atoms with Crippen LogP contribution >= 0.6 is 11.3 Å². The first-order valence-electron chi connectivity index (χ1n) is 5.68. The van der Waals surface area contributed by atoms with Crippen LogP contribution in [0.3, 0.4) is 0 Å². The Morgan fingerprint density at radius 2 is 2.20 bits per heavy atom. The third-order valence-corrected chi connectivity index (χ3v) is 3.36. The van der Waals surface area contributed by atoms with Gasteiger partial charge in [-0.1, -0.05) is 18.2 Å². The summed E-state index contributed by atoms with van der Waals surface area (Å²) in [5, 5.41) is 12.8. The molecule has 1 heterocycles. The molecule has 0 saturated heterocycles. The number of thiazole rings is 1. The molecule has 0 spiro atoms. The molecule has 0 atom stereocenters. The highest BCUT2D eigenvalue weighted by atomic mass is 32.1. The number of anilines is 1. The lowest BCUT2D eigenvalue weighted by atomic mass is 10.1. The summed E-state index contributed by atoms with van der Waals surface area (Å²) in [6.45, 7) is 0.132. The van der Waals surface area contributed by atoms with Crippen molar-refractivity contribution in [2.75, 3.05) is 12.8 Å². The van der Waals surface area contributed by atoms with E-state index in [1.165, 1.54) is 22.3 Å². The lowest BCUT2D eigenvalue weighted by molar-refractivity contribution is -0.385. The molecule has 1 aromatic heterocycles. The van der Waals surface area contributed by atoms with Crippen LogP contribution in [0.2, 0.25) is 0 Å². The second-order valence-corrected chi connectivity index (χ2v) is 5.01. The van der Waals surface area contributed by atoms with Crippen molar-refractivity contribution in [1.29, 1.82) is 0 Å². The van der Waals surface area contributed by atoms with Gasteiger partial charge in [0.25, 0.3) is 11.6 Å². The second kappa shape index (κ2) is 5.66. The van der Waals surface area contributed by atoms with Gasteiger partial charge in [-0.15, -0.1) is 11.3 Å². The van der Waals surface area contributed by atoms with Gasteiger partial charge in [0.1, 0.15) is 5.69 Å². The molecular weight excluding hydrogens is 280 g/mol. The van der Waals surface area contributed by atoms with Crippen LogP contribution in [0.5, 0.6) is 0 Å². The fourth-order valence-corrected chi connectivity index (χ4v) is 2.27. The monoisotopic (exact) mass is 292 g/mol. The van der Waals surface area contributed by atoms with E-state index in [2.05, 4.69) is 4.98 Å². The zero-order valence-corrected chi connectivity index (χ0v) is 11.5. The Hall–Kier alpha value is -2.48. The standard InChI is InChI=1S/C12H12N4O3S/c1-15(11(17)9-7-20-12(13)14-9)6-8-4-2-3-5-10(8)16(18)19/h2-5,7H,6H2,1H3,(H2,13,14). The summed E-state index contributed by atoms with van der Waals surface area (Å²) >= 11 is 1.18. The van der Waals surface area contributed by atoms with Crippen LogP contribution in [0.15, 0.2) is 29.6 Å². The fourth-order valence-electron chi connectivity index (χ4n) is 1.73. The number of aromatic nitrogens is 1. The minimum atomic E-state index is -0.464. The lowest BCUT2D eigenvalue weighted by Gasteiger charge is -2.15. The summed E-state index contributed by atoms with van der Waals surface area (Å²) in [7, 11) is 1.56. The van der Waals surface area contributed by atoms with Crippen LogP contribution in [0.1, 0.15) is 16.1 Å². The SMILES string of the molecule is CN(Cc1ccccc1[N+](=O)[O-])C(=O)c1csc(N)n1. The maximum atomic E-state index is 12.1. The van der Waals surface area contributed by atoms with Crippen LogP contribution in [0.4, 0.5) is 10.8 Å². The molecule has 1 aromatic carbocycles. The molecule has 0 bridgehead atoms. The van der Waals surface area contributed by atoms with Crippen LogP contribution in [-0.2, 0) is 6.54 Å². The van der Waals surface area contributed by atoms with Crippen molar-refractivity contribution < 1.29 is 9.72 Å². The van der Waals surface area contributed by atoms with Crippen molar-refractivity contribution in [2.45, 2.75) is 6.54 Å². The van der Waals surface area contributed by atoms with E-state index in [1.54, 1.807) is 30.6 Å². The Kier molecular flexibility index (Phi) is 3.94. The van der Waals surface area contributed by atoms with Gasteiger partial charge in [-0.25, -0.2) is 4.98 Å². The number of benzene rings is 1. The average Bonchev–Trinajstić information content (AvgIpc) is 2.84. The van der Waals surface area contributed by atoms with Gasteiger partial charge in [-0.2, -0.15) is 0 Å². The molecule has 2 aromatic rings. The molecule has 0 unspecified atom stereocenters. The highest BCUT2D eigenvalue weighted by Crippen LogP contribution is 2.20. The Balaban J connectivity index is 2.18. The quantitative estimate of drug-likeness (QED) is 0.685. The smallest absolute Gasteiger partial charge is 0.274 e. The summed E-state index contributed by atoms with van der Waals surface area (Å²) in [6.07, 6.45) is 0. The maximum Gasteiger partial charge on any atom is 0.274 e. The van der Waals surface area contributed by atoms with E-state index in [0.29, 0.717) is 10.7 Å². The van der Waals surface area contributed by atoms with Crippen molar-refractivity contribution in [1.82, 2.24) is 9.88 Å².